The number of rotatable bonds is 2. The molecule has 24 heavy (non-hydrogen) atoms. The lowest BCUT2D eigenvalue weighted by molar-refractivity contribution is -0.169. The summed E-state index contributed by atoms with van der Waals surface area (Å²) in [6.45, 7) is 2.73. The smallest absolute Gasteiger partial charge is 0.292 e. The highest BCUT2D eigenvalue weighted by Crippen LogP contribution is 2.34. The Kier molecular flexibility index (Phi) is 4.04. The van der Waals surface area contributed by atoms with Gasteiger partial charge in [-0.3, -0.25) is 4.79 Å². The predicted molar refractivity (Wildman–Crippen MR) is 90.9 cm³/mol. The number of ether oxygens (including phenoxy) is 2. The van der Waals surface area contributed by atoms with Crippen LogP contribution in [0.15, 0.2) is 41.3 Å². The summed E-state index contributed by atoms with van der Waals surface area (Å²) in [4.78, 5) is 14.6. The van der Waals surface area contributed by atoms with Gasteiger partial charge in [-0.05, 0) is 12.1 Å². The van der Waals surface area contributed by atoms with Crippen molar-refractivity contribution in [3.63, 3.8) is 0 Å². The van der Waals surface area contributed by atoms with E-state index in [1.807, 2.05) is 30.3 Å². The maximum atomic E-state index is 12.6. The lowest BCUT2D eigenvalue weighted by Gasteiger charge is -2.38. The van der Waals surface area contributed by atoms with Gasteiger partial charge in [0.25, 0.3) is 5.56 Å². The van der Waals surface area contributed by atoms with Crippen LogP contribution in [0.2, 0.25) is 5.02 Å². The number of nitrogens with zero attached hydrogens (tertiary/aromatic N) is 3. The van der Waals surface area contributed by atoms with Crippen molar-refractivity contribution in [2.24, 2.45) is 0 Å². The zero-order chi connectivity index (χ0) is 16.6. The monoisotopic (exact) mass is 347 g/mol. The maximum Gasteiger partial charge on any atom is 0.292 e. The van der Waals surface area contributed by atoms with E-state index in [1.165, 1.54) is 4.68 Å². The number of hydrogen-bond donors (Lipinski definition) is 0. The van der Waals surface area contributed by atoms with E-state index in [-0.39, 0.29) is 10.6 Å². The molecular weight excluding hydrogens is 330 g/mol. The average molecular weight is 348 g/mol. The molecule has 1 aromatic carbocycles. The van der Waals surface area contributed by atoms with E-state index in [9.17, 15) is 4.79 Å². The second kappa shape index (κ2) is 6.20. The first-order valence-electron chi connectivity index (χ1n) is 8.05. The van der Waals surface area contributed by atoms with E-state index >= 15 is 0 Å². The highest BCUT2D eigenvalue weighted by Gasteiger charge is 2.40. The Labute approximate surface area is 144 Å². The molecule has 0 N–H and O–H groups in total. The van der Waals surface area contributed by atoms with E-state index in [0.29, 0.717) is 24.6 Å². The van der Waals surface area contributed by atoms with Gasteiger partial charge >= 0.3 is 0 Å². The molecule has 2 aliphatic rings. The SMILES string of the molecule is O=c1c(Cl)c(N2CCC3(CC2)OCCO3)cnn1-c1ccccc1. The van der Waals surface area contributed by atoms with E-state index in [1.54, 1.807) is 6.20 Å². The van der Waals surface area contributed by atoms with Gasteiger partial charge in [0.05, 0.1) is 30.8 Å². The molecule has 0 radical (unpaired) electrons. The second-order valence-electron chi connectivity index (χ2n) is 5.99. The predicted octanol–water partition coefficient (Wildman–Crippen LogP) is 2.23. The minimum absolute atomic E-state index is 0.193. The molecule has 0 bridgehead atoms. The summed E-state index contributed by atoms with van der Waals surface area (Å²) in [6, 6.07) is 9.25. The van der Waals surface area contributed by atoms with Crippen LogP contribution in [-0.2, 0) is 9.47 Å². The molecule has 0 amide bonds. The fourth-order valence-electron chi connectivity index (χ4n) is 3.27. The molecule has 126 valence electrons. The van der Waals surface area contributed by atoms with Gasteiger partial charge in [-0.25, -0.2) is 0 Å². The van der Waals surface area contributed by atoms with Gasteiger partial charge in [-0.1, -0.05) is 29.8 Å². The van der Waals surface area contributed by atoms with Gasteiger partial charge < -0.3 is 14.4 Å². The van der Waals surface area contributed by atoms with Crippen molar-refractivity contribution in [1.82, 2.24) is 9.78 Å². The largest absolute Gasteiger partial charge is 0.368 e. The van der Waals surface area contributed by atoms with Crippen LogP contribution in [0.25, 0.3) is 5.69 Å². The van der Waals surface area contributed by atoms with Crippen molar-refractivity contribution in [2.75, 3.05) is 31.2 Å². The summed E-state index contributed by atoms with van der Waals surface area (Å²) >= 11 is 6.36. The molecule has 2 aliphatic heterocycles. The second-order valence-corrected chi connectivity index (χ2v) is 6.37. The summed E-state index contributed by atoms with van der Waals surface area (Å²) < 4.78 is 12.8. The summed E-state index contributed by atoms with van der Waals surface area (Å²) in [6.07, 6.45) is 3.17. The lowest BCUT2D eigenvalue weighted by Crippen LogP contribution is -2.45. The molecule has 2 saturated heterocycles. The van der Waals surface area contributed by atoms with Crippen LogP contribution < -0.4 is 10.5 Å². The fourth-order valence-corrected chi connectivity index (χ4v) is 3.52. The third-order valence-electron chi connectivity index (χ3n) is 4.58. The van der Waals surface area contributed by atoms with Crippen LogP contribution in [0.1, 0.15) is 12.8 Å². The molecule has 0 aliphatic carbocycles. The topological polar surface area (TPSA) is 56.6 Å². The van der Waals surface area contributed by atoms with Gasteiger partial charge in [0, 0.05) is 25.9 Å². The molecule has 7 heteroatoms. The van der Waals surface area contributed by atoms with Crippen LogP contribution in [0.3, 0.4) is 0 Å². The average Bonchev–Trinajstić information content (AvgIpc) is 3.07. The van der Waals surface area contributed by atoms with Crippen molar-refractivity contribution < 1.29 is 9.47 Å². The standard InChI is InChI=1S/C17H18ClN3O3/c18-15-14(20-8-6-17(7-9-20)23-10-11-24-17)12-19-21(16(15)22)13-4-2-1-3-5-13/h1-5,12H,6-11H2. The number of benzene rings is 1. The number of anilines is 1. The number of aromatic nitrogens is 2. The van der Waals surface area contributed by atoms with Gasteiger partial charge in [0.15, 0.2) is 5.79 Å². The molecular formula is C17H18ClN3O3. The lowest BCUT2D eigenvalue weighted by atomic mass is 10.0. The first-order valence-corrected chi connectivity index (χ1v) is 8.42. The van der Waals surface area contributed by atoms with Crippen molar-refractivity contribution in [1.29, 1.82) is 0 Å². The van der Waals surface area contributed by atoms with E-state index in [4.69, 9.17) is 21.1 Å². The summed E-state index contributed by atoms with van der Waals surface area (Å²) in [7, 11) is 0. The van der Waals surface area contributed by atoms with Crippen molar-refractivity contribution in [3.05, 3.63) is 51.9 Å². The highest BCUT2D eigenvalue weighted by molar-refractivity contribution is 6.33. The summed E-state index contributed by atoms with van der Waals surface area (Å²) in [5.41, 5.74) is 1.05. The van der Waals surface area contributed by atoms with E-state index < -0.39 is 5.79 Å². The minimum atomic E-state index is -0.449. The number of para-hydroxylation sites is 1. The van der Waals surface area contributed by atoms with Crippen LogP contribution >= 0.6 is 11.6 Å². The van der Waals surface area contributed by atoms with Gasteiger partial charge in [-0.2, -0.15) is 9.78 Å². The number of hydrogen-bond acceptors (Lipinski definition) is 5. The first-order chi connectivity index (χ1) is 11.7. The zero-order valence-corrected chi connectivity index (χ0v) is 13.9. The molecule has 6 nitrogen and oxygen atoms in total. The highest BCUT2D eigenvalue weighted by atomic mass is 35.5. The molecule has 0 atom stereocenters. The van der Waals surface area contributed by atoms with Crippen LogP contribution in [-0.4, -0.2) is 41.9 Å². The summed E-state index contributed by atoms with van der Waals surface area (Å²) in [5.74, 6) is -0.449. The third-order valence-corrected chi connectivity index (χ3v) is 4.94. The molecule has 3 heterocycles. The van der Waals surface area contributed by atoms with E-state index in [0.717, 1.165) is 25.9 Å². The van der Waals surface area contributed by atoms with Crippen molar-refractivity contribution in [3.8, 4) is 5.69 Å². The third kappa shape index (κ3) is 2.70. The first kappa shape index (κ1) is 15.6. The number of halogens is 1. The van der Waals surface area contributed by atoms with Gasteiger partial charge in [-0.15, -0.1) is 0 Å². The van der Waals surface area contributed by atoms with E-state index in [2.05, 4.69) is 10.00 Å². The fraction of sp³-hybridized carbons (Fsp3) is 0.412. The quantitative estimate of drug-likeness (QED) is 0.833. The van der Waals surface area contributed by atoms with Crippen molar-refractivity contribution in [2.45, 2.75) is 18.6 Å². The normalized spacial score (nSPS) is 19.8. The molecule has 1 spiro atoms. The molecule has 0 unspecified atom stereocenters. The summed E-state index contributed by atoms with van der Waals surface area (Å²) in [5, 5.41) is 4.48. The molecule has 4 rings (SSSR count). The zero-order valence-electron chi connectivity index (χ0n) is 13.2. The Balaban J connectivity index is 1.59. The maximum absolute atomic E-state index is 12.6. The Bertz CT molecular complexity index is 777. The Morgan fingerprint density at radius 3 is 2.42 bits per heavy atom. The minimum Gasteiger partial charge on any atom is -0.368 e. The van der Waals surface area contributed by atoms with Gasteiger partial charge in [0.2, 0.25) is 0 Å². The Morgan fingerprint density at radius 2 is 1.75 bits per heavy atom. The number of piperidine rings is 1. The van der Waals surface area contributed by atoms with Crippen LogP contribution in [0.4, 0.5) is 5.69 Å². The molecule has 2 fully saturated rings. The Morgan fingerprint density at radius 1 is 1.08 bits per heavy atom. The molecule has 1 aromatic heterocycles. The molecule has 0 saturated carbocycles. The van der Waals surface area contributed by atoms with Crippen LogP contribution in [0, 0.1) is 0 Å². The van der Waals surface area contributed by atoms with Crippen molar-refractivity contribution >= 4 is 17.3 Å². The molecule has 2 aromatic rings. The van der Waals surface area contributed by atoms with Gasteiger partial charge in [0.1, 0.15) is 5.02 Å². The Hall–Kier alpha value is -1.89. The van der Waals surface area contributed by atoms with Crippen LogP contribution in [0.5, 0.6) is 0 Å².